The summed E-state index contributed by atoms with van der Waals surface area (Å²) in [5, 5.41) is 10.7. The summed E-state index contributed by atoms with van der Waals surface area (Å²) in [6.45, 7) is 0.848. The van der Waals surface area contributed by atoms with Crippen LogP contribution in [0, 0.1) is 0 Å². The summed E-state index contributed by atoms with van der Waals surface area (Å²) >= 11 is 1.88. The Kier molecular flexibility index (Phi) is 3.94. The fourth-order valence-electron chi connectivity index (χ4n) is 5.87. The van der Waals surface area contributed by atoms with E-state index in [9.17, 15) is 0 Å². The maximum Gasteiger partial charge on any atom is 0.0501 e. The second-order valence-electron chi connectivity index (χ2n) is 9.38. The highest BCUT2D eigenvalue weighted by Gasteiger charge is 2.14. The summed E-state index contributed by atoms with van der Waals surface area (Å²) in [4.78, 5) is 0. The van der Waals surface area contributed by atoms with E-state index >= 15 is 0 Å². The minimum atomic E-state index is 0.848. The van der Waals surface area contributed by atoms with Crippen molar-refractivity contribution in [1.82, 2.24) is 4.57 Å². The van der Waals surface area contributed by atoms with Crippen LogP contribution in [-0.4, -0.2) is 4.57 Å². The van der Waals surface area contributed by atoms with Crippen molar-refractivity contribution in [2.45, 2.75) is 6.54 Å². The van der Waals surface area contributed by atoms with Crippen molar-refractivity contribution >= 4 is 74.9 Å². The first kappa shape index (κ1) is 19.2. The third kappa shape index (κ3) is 2.75. The van der Waals surface area contributed by atoms with Crippen LogP contribution in [0.1, 0.15) is 5.56 Å². The molecule has 0 unspecified atom stereocenters. The van der Waals surface area contributed by atoms with E-state index in [4.69, 9.17) is 0 Å². The molecule has 0 bridgehead atoms. The minimum Gasteiger partial charge on any atom is -0.336 e. The number of nitrogens with zero attached hydrogens (tertiary/aromatic N) is 1. The van der Waals surface area contributed by atoms with Crippen LogP contribution in [0.25, 0.3) is 63.5 Å². The van der Waals surface area contributed by atoms with Gasteiger partial charge in [0.1, 0.15) is 0 Å². The van der Waals surface area contributed by atoms with Gasteiger partial charge in [-0.3, -0.25) is 0 Å². The second kappa shape index (κ2) is 7.18. The topological polar surface area (TPSA) is 4.93 Å². The third-order valence-electron chi connectivity index (χ3n) is 7.42. The average molecular weight is 464 g/mol. The molecule has 0 saturated heterocycles. The van der Waals surface area contributed by atoms with E-state index in [0.29, 0.717) is 0 Å². The van der Waals surface area contributed by atoms with Crippen molar-refractivity contribution in [2.24, 2.45) is 0 Å². The first-order valence-corrected chi connectivity index (χ1v) is 12.9. The molecule has 35 heavy (non-hydrogen) atoms. The monoisotopic (exact) mass is 463 g/mol. The summed E-state index contributed by atoms with van der Waals surface area (Å²) in [6.07, 6.45) is 0. The molecule has 8 rings (SSSR count). The van der Waals surface area contributed by atoms with Crippen LogP contribution in [0.3, 0.4) is 0 Å². The Bertz CT molecular complexity index is 2090. The smallest absolute Gasteiger partial charge is 0.0501 e. The van der Waals surface area contributed by atoms with Crippen LogP contribution in [0.5, 0.6) is 0 Å². The normalized spacial score (nSPS) is 12.1. The number of benzene rings is 6. The van der Waals surface area contributed by atoms with Crippen molar-refractivity contribution in [3.05, 3.63) is 121 Å². The van der Waals surface area contributed by atoms with Gasteiger partial charge in [0.25, 0.3) is 0 Å². The first-order chi connectivity index (χ1) is 17.3. The first-order valence-electron chi connectivity index (χ1n) is 12.1. The highest BCUT2D eigenvalue weighted by Crippen LogP contribution is 2.39. The molecule has 2 heterocycles. The Balaban J connectivity index is 1.35. The molecule has 0 amide bonds. The third-order valence-corrected chi connectivity index (χ3v) is 8.56. The highest BCUT2D eigenvalue weighted by atomic mass is 32.1. The molecule has 6 aromatic carbocycles. The summed E-state index contributed by atoms with van der Waals surface area (Å²) in [5.41, 5.74) is 3.91. The predicted molar refractivity (Wildman–Crippen MR) is 153 cm³/mol. The largest absolute Gasteiger partial charge is 0.336 e. The molecular weight excluding hydrogens is 442 g/mol. The number of fused-ring (bicyclic) bond motifs is 10. The van der Waals surface area contributed by atoms with Crippen LogP contribution in [0.2, 0.25) is 0 Å². The van der Waals surface area contributed by atoms with Gasteiger partial charge in [-0.2, -0.15) is 0 Å². The molecule has 0 radical (unpaired) electrons. The van der Waals surface area contributed by atoms with Crippen LogP contribution >= 0.6 is 11.3 Å². The molecule has 0 saturated carbocycles. The van der Waals surface area contributed by atoms with E-state index in [1.165, 1.54) is 69.1 Å². The minimum absolute atomic E-state index is 0.848. The maximum atomic E-state index is 2.48. The van der Waals surface area contributed by atoms with Gasteiger partial charge in [0.05, 0.1) is 5.52 Å². The lowest BCUT2D eigenvalue weighted by Crippen LogP contribution is -1.99. The fraction of sp³-hybridized carbons (Fsp3) is 0.0303. The van der Waals surface area contributed by atoms with E-state index in [1.54, 1.807) is 0 Å². The van der Waals surface area contributed by atoms with E-state index < -0.39 is 0 Å². The molecule has 2 aromatic heterocycles. The van der Waals surface area contributed by atoms with E-state index in [-0.39, 0.29) is 0 Å². The second-order valence-corrected chi connectivity index (χ2v) is 10.5. The lowest BCUT2D eigenvalue weighted by molar-refractivity contribution is 0.871. The van der Waals surface area contributed by atoms with Crippen LogP contribution in [-0.2, 0) is 6.54 Å². The molecule has 0 atom stereocenters. The lowest BCUT2D eigenvalue weighted by Gasteiger charge is -2.10. The van der Waals surface area contributed by atoms with Crippen molar-refractivity contribution in [2.75, 3.05) is 0 Å². The molecule has 164 valence electrons. The predicted octanol–water partition coefficient (Wildman–Crippen LogP) is 9.52. The van der Waals surface area contributed by atoms with Gasteiger partial charge >= 0.3 is 0 Å². The molecular formula is C33H21NS. The molecule has 8 aromatic rings. The molecule has 0 aliphatic rings. The van der Waals surface area contributed by atoms with Crippen molar-refractivity contribution in [1.29, 1.82) is 0 Å². The number of thiophene rings is 1. The number of hydrogen-bond acceptors (Lipinski definition) is 1. The van der Waals surface area contributed by atoms with Gasteiger partial charge in [-0.1, -0.05) is 84.9 Å². The number of aromatic nitrogens is 1. The van der Waals surface area contributed by atoms with Gasteiger partial charge in [0.15, 0.2) is 0 Å². The quantitative estimate of drug-likeness (QED) is 0.240. The summed E-state index contributed by atoms with van der Waals surface area (Å²) < 4.78 is 5.20. The van der Waals surface area contributed by atoms with E-state index in [1.807, 2.05) is 11.3 Å². The van der Waals surface area contributed by atoms with Crippen molar-refractivity contribution in [3.63, 3.8) is 0 Å². The van der Waals surface area contributed by atoms with Crippen molar-refractivity contribution in [3.8, 4) is 0 Å². The Labute approximate surface area is 206 Å². The highest BCUT2D eigenvalue weighted by molar-refractivity contribution is 7.26. The lowest BCUT2D eigenvalue weighted by atomic mass is 10.0. The van der Waals surface area contributed by atoms with E-state index in [0.717, 1.165) is 6.54 Å². The van der Waals surface area contributed by atoms with Crippen molar-refractivity contribution < 1.29 is 0 Å². The number of para-hydroxylation sites is 1. The standard InChI is InChI=1S/C33H21NS/c1-2-8-24-22(7-1)14-17-29-32(24)26-9-3-5-11-28(26)34(29)20-21-13-16-25-23(19-21)15-18-31-33(25)27-10-4-6-12-30(27)35-31/h1-19H,20H2. The molecule has 1 nitrogen and oxygen atoms in total. The van der Waals surface area contributed by atoms with Crippen LogP contribution < -0.4 is 0 Å². The molecule has 0 aliphatic heterocycles. The zero-order valence-corrected chi connectivity index (χ0v) is 19.8. The van der Waals surface area contributed by atoms with Gasteiger partial charge in [-0.15, -0.1) is 11.3 Å². The SMILES string of the molecule is c1ccc2c(c1)ccc1c2c2ccccc2n1Cc1ccc2c(ccc3sc4ccccc4c32)c1. The molecule has 0 aliphatic carbocycles. The van der Waals surface area contributed by atoms with Gasteiger partial charge in [0.2, 0.25) is 0 Å². The Morgan fingerprint density at radius 1 is 0.486 bits per heavy atom. The van der Waals surface area contributed by atoms with E-state index in [2.05, 4.69) is 120 Å². The van der Waals surface area contributed by atoms with Gasteiger partial charge in [-0.05, 0) is 57.4 Å². The number of rotatable bonds is 2. The molecule has 2 heteroatoms. The van der Waals surface area contributed by atoms with Crippen LogP contribution in [0.4, 0.5) is 0 Å². The zero-order chi connectivity index (χ0) is 22.9. The van der Waals surface area contributed by atoms with Crippen LogP contribution in [0.15, 0.2) is 115 Å². The summed E-state index contributed by atoms with van der Waals surface area (Å²) in [5.74, 6) is 0. The molecule has 0 fully saturated rings. The number of hydrogen-bond donors (Lipinski definition) is 0. The molecule has 0 spiro atoms. The Morgan fingerprint density at radius 3 is 2.17 bits per heavy atom. The van der Waals surface area contributed by atoms with Gasteiger partial charge in [-0.25, -0.2) is 0 Å². The molecule has 0 N–H and O–H groups in total. The zero-order valence-electron chi connectivity index (χ0n) is 19.0. The van der Waals surface area contributed by atoms with Gasteiger partial charge in [0, 0.05) is 43.0 Å². The Hall–Kier alpha value is -4.14. The average Bonchev–Trinajstić information content (AvgIpc) is 3.45. The maximum absolute atomic E-state index is 2.48. The summed E-state index contributed by atoms with van der Waals surface area (Å²) in [7, 11) is 0. The van der Waals surface area contributed by atoms with Gasteiger partial charge < -0.3 is 4.57 Å². The fourth-order valence-corrected chi connectivity index (χ4v) is 6.99. The summed E-state index contributed by atoms with van der Waals surface area (Å²) in [6, 6.07) is 42.5. The Morgan fingerprint density at radius 2 is 1.23 bits per heavy atom.